The average molecular weight is 263 g/mol. The van der Waals surface area contributed by atoms with Crippen LogP contribution in [0.5, 0.6) is 0 Å². The standard InChI is InChI=1S/C13H17N3O3/c14-11(7-13(18)19)9-1-3-10(4-2-9)16-6-5-15-12(17)8-16/h1-4,11H,5-8,14H2,(H,15,17)(H,18,19). The number of amides is 1. The number of carbonyl (C=O) groups excluding carboxylic acids is 1. The largest absolute Gasteiger partial charge is 0.481 e. The van der Waals surface area contributed by atoms with E-state index in [2.05, 4.69) is 5.32 Å². The molecule has 0 aliphatic carbocycles. The number of nitrogens with two attached hydrogens (primary N) is 1. The quantitative estimate of drug-likeness (QED) is 0.716. The zero-order valence-corrected chi connectivity index (χ0v) is 10.5. The third-order valence-electron chi connectivity index (χ3n) is 3.12. The van der Waals surface area contributed by atoms with Gasteiger partial charge in [0.05, 0.1) is 13.0 Å². The highest BCUT2D eigenvalue weighted by atomic mass is 16.4. The molecule has 2 rings (SSSR count). The molecule has 0 saturated carbocycles. The molecule has 1 aromatic carbocycles. The number of anilines is 1. The van der Waals surface area contributed by atoms with Crippen molar-refractivity contribution in [3.8, 4) is 0 Å². The van der Waals surface area contributed by atoms with Crippen LogP contribution in [0.25, 0.3) is 0 Å². The van der Waals surface area contributed by atoms with Crippen LogP contribution in [0.3, 0.4) is 0 Å². The van der Waals surface area contributed by atoms with Gasteiger partial charge in [0.2, 0.25) is 5.91 Å². The van der Waals surface area contributed by atoms with Gasteiger partial charge in [-0.25, -0.2) is 0 Å². The minimum absolute atomic E-state index is 0.0119. The van der Waals surface area contributed by atoms with Gasteiger partial charge in [-0.05, 0) is 17.7 Å². The van der Waals surface area contributed by atoms with Gasteiger partial charge in [0, 0.05) is 24.8 Å². The van der Waals surface area contributed by atoms with Gasteiger partial charge < -0.3 is 21.1 Å². The second-order valence-electron chi connectivity index (χ2n) is 4.57. The van der Waals surface area contributed by atoms with Crippen molar-refractivity contribution in [2.24, 2.45) is 5.73 Å². The Morgan fingerprint density at radius 2 is 2.11 bits per heavy atom. The smallest absolute Gasteiger partial charge is 0.305 e. The summed E-state index contributed by atoms with van der Waals surface area (Å²) in [5, 5.41) is 11.5. The van der Waals surface area contributed by atoms with Crippen LogP contribution in [0.4, 0.5) is 5.69 Å². The van der Waals surface area contributed by atoms with Crippen molar-refractivity contribution in [1.29, 1.82) is 0 Å². The van der Waals surface area contributed by atoms with Crippen molar-refractivity contribution >= 4 is 17.6 Å². The molecular formula is C13H17N3O3. The molecule has 1 atom stereocenters. The second-order valence-corrected chi connectivity index (χ2v) is 4.57. The summed E-state index contributed by atoms with van der Waals surface area (Å²) in [4.78, 5) is 23.9. The summed E-state index contributed by atoms with van der Waals surface area (Å²) in [5.74, 6) is -0.901. The molecule has 1 aliphatic rings. The molecule has 0 radical (unpaired) electrons. The Morgan fingerprint density at radius 3 is 2.68 bits per heavy atom. The Balaban J connectivity index is 2.05. The molecule has 1 saturated heterocycles. The molecule has 0 bridgehead atoms. The number of benzene rings is 1. The van der Waals surface area contributed by atoms with Crippen LogP contribution in [0.15, 0.2) is 24.3 Å². The highest BCUT2D eigenvalue weighted by Crippen LogP contribution is 2.20. The summed E-state index contributed by atoms with van der Waals surface area (Å²) in [6, 6.07) is 6.87. The minimum atomic E-state index is -0.913. The first-order valence-corrected chi connectivity index (χ1v) is 6.15. The number of carboxylic acids is 1. The van der Waals surface area contributed by atoms with Gasteiger partial charge in [0.25, 0.3) is 0 Å². The fraction of sp³-hybridized carbons (Fsp3) is 0.385. The maximum Gasteiger partial charge on any atom is 0.305 e. The summed E-state index contributed by atoms with van der Waals surface area (Å²) >= 11 is 0. The molecule has 1 unspecified atom stereocenters. The number of aliphatic carboxylic acids is 1. The maximum absolute atomic E-state index is 11.3. The molecule has 1 heterocycles. The number of nitrogens with one attached hydrogen (secondary N) is 1. The summed E-state index contributed by atoms with van der Waals surface area (Å²) in [7, 11) is 0. The Bertz CT molecular complexity index is 473. The number of hydrogen-bond donors (Lipinski definition) is 3. The molecule has 102 valence electrons. The minimum Gasteiger partial charge on any atom is -0.481 e. The molecular weight excluding hydrogens is 246 g/mol. The van der Waals surface area contributed by atoms with Crippen LogP contribution in [0, 0.1) is 0 Å². The first kappa shape index (κ1) is 13.4. The van der Waals surface area contributed by atoms with E-state index in [9.17, 15) is 9.59 Å². The van der Waals surface area contributed by atoms with Crippen molar-refractivity contribution in [1.82, 2.24) is 5.32 Å². The molecule has 1 fully saturated rings. The van der Waals surface area contributed by atoms with Gasteiger partial charge in [-0.3, -0.25) is 9.59 Å². The lowest BCUT2D eigenvalue weighted by Crippen LogP contribution is -2.47. The van der Waals surface area contributed by atoms with Crippen LogP contribution in [-0.2, 0) is 9.59 Å². The Morgan fingerprint density at radius 1 is 1.42 bits per heavy atom. The van der Waals surface area contributed by atoms with E-state index in [1.165, 1.54) is 0 Å². The van der Waals surface area contributed by atoms with E-state index >= 15 is 0 Å². The fourth-order valence-corrected chi connectivity index (χ4v) is 2.10. The zero-order chi connectivity index (χ0) is 13.8. The first-order valence-electron chi connectivity index (χ1n) is 6.15. The van der Waals surface area contributed by atoms with Gasteiger partial charge in [0.1, 0.15) is 0 Å². The van der Waals surface area contributed by atoms with E-state index in [1.54, 1.807) is 0 Å². The van der Waals surface area contributed by atoms with Gasteiger partial charge in [0.15, 0.2) is 0 Å². The van der Waals surface area contributed by atoms with Crippen LogP contribution < -0.4 is 16.0 Å². The molecule has 1 aromatic rings. The molecule has 6 heteroatoms. The molecule has 1 aliphatic heterocycles. The highest BCUT2D eigenvalue weighted by Gasteiger charge is 2.17. The Kier molecular flexibility index (Phi) is 4.01. The van der Waals surface area contributed by atoms with Crippen LogP contribution in [0.1, 0.15) is 18.0 Å². The van der Waals surface area contributed by atoms with Gasteiger partial charge >= 0.3 is 5.97 Å². The van der Waals surface area contributed by atoms with Gasteiger partial charge in [-0.15, -0.1) is 0 Å². The third-order valence-corrected chi connectivity index (χ3v) is 3.12. The number of rotatable bonds is 4. The SMILES string of the molecule is NC(CC(=O)O)c1ccc(N2CCNC(=O)C2)cc1. The van der Waals surface area contributed by atoms with E-state index < -0.39 is 12.0 Å². The van der Waals surface area contributed by atoms with Crippen molar-refractivity contribution in [3.05, 3.63) is 29.8 Å². The van der Waals surface area contributed by atoms with Crippen molar-refractivity contribution in [2.45, 2.75) is 12.5 Å². The second kappa shape index (κ2) is 5.71. The molecule has 4 N–H and O–H groups in total. The Hall–Kier alpha value is -2.08. The van der Waals surface area contributed by atoms with Gasteiger partial charge in [-0.2, -0.15) is 0 Å². The van der Waals surface area contributed by atoms with E-state index in [1.807, 2.05) is 29.2 Å². The molecule has 1 amide bonds. The van der Waals surface area contributed by atoms with Crippen LogP contribution >= 0.6 is 0 Å². The fourth-order valence-electron chi connectivity index (χ4n) is 2.10. The van der Waals surface area contributed by atoms with E-state index in [4.69, 9.17) is 10.8 Å². The monoisotopic (exact) mass is 263 g/mol. The first-order chi connectivity index (χ1) is 9.06. The van der Waals surface area contributed by atoms with E-state index in [0.29, 0.717) is 13.1 Å². The number of carbonyl (C=O) groups is 2. The Labute approximate surface area is 111 Å². The maximum atomic E-state index is 11.3. The summed E-state index contributed by atoms with van der Waals surface area (Å²) in [5.41, 5.74) is 7.52. The summed E-state index contributed by atoms with van der Waals surface area (Å²) in [6.07, 6.45) is -0.0918. The third kappa shape index (κ3) is 3.45. The number of nitrogens with zero attached hydrogens (tertiary/aromatic N) is 1. The lowest BCUT2D eigenvalue weighted by molar-refractivity contribution is -0.137. The number of carboxylic acid groups (broad SMARTS) is 1. The predicted octanol–water partition coefficient (Wildman–Crippen LogP) is 0.0973. The van der Waals surface area contributed by atoms with Crippen molar-refractivity contribution in [3.63, 3.8) is 0 Å². The normalized spacial score (nSPS) is 16.9. The highest BCUT2D eigenvalue weighted by molar-refractivity contribution is 5.82. The zero-order valence-electron chi connectivity index (χ0n) is 10.5. The van der Waals surface area contributed by atoms with Crippen molar-refractivity contribution < 1.29 is 14.7 Å². The molecule has 19 heavy (non-hydrogen) atoms. The molecule has 0 spiro atoms. The lowest BCUT2D eigenvalue weighted by atomic mass is 10.0. The number of piperazine rings is 1. The number of hydrogen-bond acceptors (Lipinski definition) is 4. The molecule has 6 nitrogen and oxygen atoms in total. The van der Waals surface area contributed by atoms with Gasteiger partial charge in [-0.1, -0.05) is 12.1 Å². The van der Waals surface area contributed by atoms with E-state index in [0.717, 1.165) is 17.8 Å². The topological polar surface area (TPSA) is 95.7 Å². The summed E-state index contributed by atoms with van der Waals surface area (Å²) in [6.45, 7) is 1.76. The van der Waals surface area contributed by atoms with Crippen molar-refractivity contribution in [2.75, 3.05) is 24.5 Å². The average Bonchev–Trinajstić information content (AvgIpc) is 2.38. The predicted molar refractivity (Wildman–Crippen MR) is 70.8 cm³/mol. The van der Waals surface area contributed by atoms with Crippen LogP contribution in [0.2, 0.25) is 0 Å². The lowest BCUT2D eigenvalue weighted by Gasteiger charge is -2.28. The van der Waals surface area contributed by atoms with Crippen LogP contribution in [-0.4, -0.2) is 36.6 Å². The van der Waals surface area contributed by atoms with E-state index in [-0.39, 0.29) is 12.3 Å². The molecule has 0 aromatic heterocycles. The summed E-state index contributed by atoms with van der Waals surface area (Å²) < 4.78 is 0.